The van der Waals surface area contributed by atoms with E-state index in [0.29, 0.717) is 5.67 Å². The van der Waals surface area contributed by atoms with Crippen molar-refractivity contribution in [3.8, 4) is 0 Å². The average Bonchev–Trinajstić information content (AvgIpc) is 2.42. The minimum absolute atomic E-state index is 0.447. The molecular weight excluding hydrogens is 609 g/mol. The van der Waals surface area contributed by atoms with E-state index in [1.54, 1.807) is 26.8 Å². The summed E-state index contributed by atoms with van der Waals surface area (Å²) in [6.45, 7) is 24.0. The van der Waals surface area contributed by atoms with E-state index in [1.165, 1.54) is 6.55 Å². The molecule has 3 aliphatic heterocycles. The van der Waals surface area contributed by atoms with Gasteiger partial charge in [-0.3, -0.25) is 0 Å². The van der Waals surface area contributed by atoms with E-state index >= 15 is 0 Å². The molecule has 35 heavy (non-hydrogen) atoms. The Balaban J connectivity index is 2.14. The van der Waals surface area contributed by atoms with Gasteiger partial charge in [0.1, 0.15) is 0 Å². The fourth-order valence-electron chi connectivity index (χ4n) is 5.83. The van der Waals surface area contributed by atoms with Crippen LogP contribution in [-0.2, 0) is 41.5 Å². The van der Waals surface area contributed by atoms with Crippen molar-refractivity contribution in [2.24, 2.45) is 0 Å². The van der Waals surface area contributed by atoms with Crippen LogP contribution in [0.25, 0.3) is 0 Å². The van der Waals surface area contributed by atoms with E-state index in [-0.39, 0.29) is 0 Å². The van der Waals surface area contributed by atoms with Crippen LogP contribution in [0.4, 0.5) is 0 Å². The van der Waals surface area contributed by atoms with Crippen LogP contribution < -0.4 is 0 Å². The smallest absolute Gasteiger partial charge is 0.417 e. The molecule has 0 radical (unpaired) electrons. The van der Waals surface area contributed by atoms with Gasteiger partial charge in [0, 0.05) is 53.6 Å². The summed E-state index contributed by atoms with van der Waals surface area (Å²) in [7, 11) is -25.8. The highest BCUT2D eigenvalue weighted by Gasteiger charge is 2.71. The van der Waals surface area contributed by atoms with Crippen molar-refractivity contribution in [1.29, 1.82) is 0 Å². The molecule has 20 heteroatoms. The molecule has 0 saturated carbocycles. The molecule has 7 atom stereocenters. The minimum Gasteiger partial charge on any atom is -0.417 e. The van der Waals surface area contributed by atoms with Gasteiger partial charge in [0.05, 0.1) is 0 Å². The molecule has 3 rings (SSSR count). The number of hydrogen-bond acceptors (Lipinski definition) is 11. The third-order valence-electron chi connectivity index (χ3n) is 5.53. The molecule has 206 valence electrons. The van der Waals surface area contributed by atoms with Gasteiger partial charge in [0.2, 0.25) is 0 Å². The Kier molecular flexibility index (Phi) is 8.23. The van der Waals surface area contributed by atoms with Crippen LogP contribution in [0.2, 0.25) is 89.9 Å². The first-order valence-electron chi connectivity index (χ1n) is 11.9. The lowest BCUT2D eigenvalue weighted by Crippen LogP contribution is -2.79. The van der Waals surface area contributed by atoms with Gasteiger partial charge in [0.25, 0.3) is 0 Å². The molecule has 0 amide bonds. The van der Waals surface area contributed by atoms with Gasteiger partial charge in [0.15, 0.2) is 8.32 Å². The molecule has 3 fully saturated rings. The van der Waals surface area contributed by atoms with Gasteiger partial charge in [-0.1, -0.05) is 19.6 Å². The zero-order valence-electron chi connectivity index (χ0n) is 23.4. The maximum atomic E-state index is 11.3. The maximum Gasteiger partial charge on any atom is 0.481 e. The van der Waals surface area contributed by atoms with Gasteiger partial charge in [-0.15, -0.1) is 0 Å². The van der Waals surface area contributed by atoms with E-state index in [9.17, 15) is 4.80 Å². The lowest BCUT2D eigenvalue weighted by molar-refractivity contribution is 0.0636. The van der Waals surface area contributed by atoms with Gasteiger partial charge in [-0.05, 0) is 31.9 Å². The summed E-state index contributed by atoms with van der Waals surface area (Å²) >= 11 is 0. The Bertz CT molecular complexity index is 835. The second-order valence-electron chi connectivity index (χ2n) is 12.4. The predicted octanol–water partition coefficient (Wildman–Crippen LogP) is 3.42. The van der Waals surface area contributed by atoms with Crippen LogP contribution >= 0.6 is 0 Å². The quantitative estimate of drug-likeness (QED) is 0.441. The predicted molar refractivity (Wildman–Crippen MR) is 151 cm³/mol. The lowest BCUT2D eigenvalue weighted by Gasteiger charge is -2.55. The molecule has 1 N–H and O–H groups in total. The molecule has 0 aromatic heterocycles. The van der Waals surface area contributed by atoms with E-state index in [0.717, 1.165) is 5.67 Å². The van der Waals surface area contributed by atoms with Crippen LogP contribution in [0.3, 0.4) is 0 Å². The molecule has 4 bridgehead atoms. The maximum absolute atomic E-state index is 11.3. The van der Waals surface area contributed by atoms with Crippen molar-refractivity contribution < 1.29 is 46.3 Å². The third kappa shape index (κ3) is 8.02. The Labute approximate surface area is 220 Å². The Morgan fingerprint density at radius 2 is 1.09 bits per heavy atom. The zero-order chi connectivity index (χ0) is 27.0. The Morgan fingerprint density at radius 1 is 0.657 bits per heavy atom. The Morgan fingerprint density at radius 3 is 1.54 bits per heavy atom. The molecule has 0 aromatic rings. The number of hydrogen-bond donors (Lipinski definition) is 1. The normalized spacial score (nSPS) is 49.5. The molecule has 11 nitrogen and oxygen atoms in total. The molecule has 3 aliphatic rings. The van der Waals surface area contributed by atoms with Crippen molar-refractivity contribution in [2.75, 3.05) is 7.11 Å². The van der Waals surface area contributed by atoms with Crippen LogP contribution in [0, 0.1) is 0 Å². The average molecular weight is 653 g/mol. The van der Waals surface area contributed by atoms with E-state index in [2.05, 4.69) is 32.7 Å². The summed E-state index contributed by atoms with van der Waals surface area (Å²) in [5.74, 6) is 0. The van der Waals surface area contributed by atoms with Gasteiger partial charge in [-0.2, -0.15) is 0 Å². The minimum atomic E-state index is -3.81. The summed E-state index contributed by atoms with van der Waals surface area (Å²) in [4.78, 5) is 11.3. The van der Waals surface area contributed by atoms with Gasteiger partial charge in [-0.25, -0.2) is 0 Å². The first-order valence-corrected chi connectivity index (χ1v) is 35.0. The van der Waals surface area contributed by atoms with Crippen molar-refractivity contribution in [2.45, 2.75) is 89.9 Å². The summed E-state index contributed by atoms with van der Waals surface area (Å²) in [6, 6.07) is 0. The first kappa shape index (κ1) is 31.0. The second kappa shape index (κ2) is 9.28. The molecule has 3 heterocycles. The standard InChI is InChI=1S/C15H44O11Si9/c1-17-32(10)19-29(7)15-30(8)21-34(12,25-32)23-31(9,16)24-35(13,22-30)26-33(11,20-29)18-28(5,6)14-27(2,3)4/h16H,14-15H2,1-13H3/t29?,30-,31?,32-,33?,34?,35?/m0/s1. The highest BCUT2D eigenvalue weighted by molar-refractivity contribution is 7.03. The second-order valence-corrected chi connectivity index (χ2v) is 44.9. The highest BCUT2D eigenvalue weighted by Crippen LogP contribution is 2.44. The molecule has 0 aliphatic carbocycles. The van der Waals surface area contributed by atoms with E-state index in [1.807, 2.05) is 19.6 Å². The van der Waals surface area contributed by atoms with Crippen LogP contribution in [0.1, 0.15) is 0 Å². The summed E-state index contributed by atoms with van der Waals surface area (Å²) in [5, 5.41) is 0. The van der Waals surface area contributed by atoms with Gasteiger partial charge >= 0.3 is 61.1 Å². The van der Waals surface area contributed by atoms with Crippen LogP contribution in [-0.4, -0.2) is 89.4 Å². The summed E-state index contributed by atoms with van der Waals surface area (Å²) in [6.07, 6.45) is 0. The largest absolute Gasteiger partial charge is 0.481 e. The Hall–Kier alpha value is 1.51. The number of fused-ring (bicyclic) bond motifs is 3. The SMILES string of the molecule is CO[Si@@]1(C)O[Si]2(C)C[Si@]3(C)O[Si](C)(O[Si](C)(O)O[Si](C)(O3)O1)O[Si](C)(O[Si](C)(C)C[Si](C)(C)C)O2. The number of rotatable bonds is 5. The van der Waals surface area contributed by atoms with Gasteiger partial charge < -0.3 is 46.3 Å². The first-order chi connectivity index (χ1) is 15.3. The highest BCUT2D eigenvalue weighted by atomic mass is 28.6. The van der Waals surface area contributed by atoms with Crippen molar-refractivity contribution in [3.05, 3.63) is 0 Å². The zero-order valence-corrected chi connectivity index (χ0v) is 32.4. The summed E-state index contributed by atoms with van der Waals surface area (Å²) in [5.41, 5.74) is 1.49. The van der Waals surface area contributed by atoms with Crippen molar-refractivity contribution in [1.82, 2.24) is 0 Å². The monoisotopic (exact) mass is 652 g/mol. The fraction of sp³-hybridized carbons (Fsp3) is 1.00. The molecule has 0 aromatic carbocycles. The fourth-order valence-corrected chi connectivity index (χ4v) is 60.6. The van der Waals surface area contributed by atoms with Crippen molar-refractivity contribution in [3.63, 3.8) is 0 Å². The van der Waals surface area contributed by atoms with Crippen LogP contribution in [0.5, 0.6) is 0 Å². The molecule has 5 unspecified atom stereocenters. The van der Waals surface area contributed by atoms with Crippen molar-refractivity contribution >= 4 is 77.5 Å². The topological polar surface area (TPSA) is 113 Å². The van der Waals surface area contributed by atoms with E-state index < -0.39 is 77.5 Å². The summed E-state index contributed by atoms with van der Waals surface area (Å²) < 4.78 is 65.2. The van der Waals surface area contributed by atoms with Crippen LogP contribution in [0.15, 0.2) is 0 Å². The molecular formula is C15H44O11Si9. The third-order valence-corrected chi connectivity index (χ3v) is 47.5. The lowest BCUT2D eigenvalue weighted by atomic mass is 11.7. The molecule has 0 spiro atoms. The van der Waals surface area contributed by atoms with E-state index in [4.69, 9.17) is 41.5 Å². The molecule has 3 saturated heterocycles.